The molecule has 0 atom stereocenters. The van der Waals surface area contributed by atoms with Crippen LogP contribution in [0.5, 0.6) is 5.75 Å². The molecule has 2 aromatic rings. The van der Waals surface area contributed by atoms with Gasteiger partial charge in [-0.05, 0) is 55.7 Å². The van der Waals surface area contributed by atoms with Crippen LogP contribution in [-0.2, 0) is 0 Å². The average Bonchev–Trinajstić information content (AvgIpc) is 2.56. The first-order chi connectivity index (χ1) is 11.1. The fourth-order valence-electron chi connectivity index (χ4n) is 2.12. The molecule has 0 radical (unpaired) electrons. The van der Waals surface area contributed by atoms with Crippen LogP contribution in [0.25, 0.3) is 11.6 Å². The number of allylic oxidation sites excluding steroid dienone is 2. The molecule has 0 bridgehead atoms. The highest BCUT2D eigenvalue weighted by atomic mass is 16.5. The Morgan fingerprint density at radius 2 is 1.52 bits per heavy atom. The first-order valence-electron chi connectivity index (χ1n) is 7.68. The first kappa shape index (κ1) is 16.8. The van der Waals surface area contributed by atoms with Crippen molar-refractivity contribution in [3.8, 4) is 5.75 Å². The van der Waals surface area contributed by atoms with Crippen LogP contribution in [0.4, 0.5) is 0 Å². The van der Waals surface area contributed by atoms with Crippen molar-refractivity contribution in [3.05, 3.63) is 76.9 Å². The number of aldehydes is 1. The minimum Gasteiger partial charge on any atom is -0.490 e. The Bertz CT molecular complexity index is 701. The maximum atomic E-state index is 10.7. The van der Waals surface area contributed by atoms with Crippen LogP contribution in [-0.4, -0.2) is 12.9 Å². The minimum atomic E-state index is 0.597. The van der Waals surface area contributed by atoms with Crippen molar-refractivity contribution in [2.24, 2.45) is 0 Å². The van der Waals surface area contributed by atoms with Crippen molar-refractivity contribution in [2.75, 3.05) is 6.61 Å². The number of hydrogen-bond acceptors (Lipinski definition) is 2. The van der Waals surface area contributed by atoms with E-state index in [9.17, 15) is 4.79 Å². The highest BCUT2D eigenvalue weighted by molar-refractivity contribution is 5.81. The Balaban J connectivity index is 2.06. The van der Waals surface area contributed by atoms with Gasteiger partial charge in [0, 0.05) is 5.56 Å². The summed E-state index contributed by atoms with van der Waals surface area (Å²) in [7, 11) is 0. The zero-order valence-electron chi connectivity index (χ0n) is 13.9. The monoisotopic (exact) mass is 306 g/mol. The van der Waals surface area contributed by atoms with Gasteiger partial charge in [0.1, 0.15) is 18.6 Å². The summed E-state index contributed by atoms with van der Waals surface area (Å²) in [5.41, 5.74) is 5.34. The van der Waals surface area contributed by atoms with Crippen molar-refractivity contribution in [1.82, 2.24) is 0 Å². The molecule has 0 aromatic heterocycles. The molecule has 2 aromatic carbocycles. The van der Waals surface area contributed by atoms with Crippen molar-refractivity contribution in [2.45, 2.75) is 20.8 Å². The molecular formula is C21H22O2. The maximum Gasteiger partial charge on any atom is 0.150 e. The zero-order valence-corrected chi connectivity index (χ0v) is 13.9. The molecule has 0 heterocycles. The SMILES string of the molecule is CC(C)=CCOc1ccc(/C(C)=C/c2ccc(C=O)cc2)cc1. The second-order valence-electron chi connectivity index (χ2n) is 5.73. The lowest BCUT2D eigenvalue weighted by Gasteiger charge is -2.06. The number of hydrogen-bond donors (Lipinski definition) is 0. The second kappa shape index (κ2) is 8.14. The van der Waals surface area contributed by atoms with Gasteiger partial charge in [-0.1, -0.05) is 48.0 Å². The third-order valence-corrected chi connectivity index (χ3v) is 3.51. The number of rotatable bonds is 6. The van der Waals surface area contributed by atoms with Gasteiger partial charge in [0.05, 0.1) is 0 Å². The second-order valence-corrected chi connectivity index (χ2v) is 5.73. The van der Waals surface area contributed by atoms with Gasteiger partial charge in [-0.2, -0.15) is 0 Å². The maximum absolute atomic E-state index is 10.7. The molecular weight excluding hydrogens is 284 g/mol. The quantitative estimate of drug-likeness (QED) is 0.405. The molecule has 0 fully saturated rings. The third kappa shape index (κ3) is 5.26. The smallest absolute Gasteiger partial charge is 0.150 e. The van der Waals surface area contributed by atoms with E-state index in [4.69, 9.17) is 4.74 Å². The summed E-state index contributed by atoms with van der Waals surface area (Å²) < 4.78 is 5.67. The van der Waals surface area contributed by atoms with Crippen LogP contribution >= 0.6 is 0 Å². The van der Waals surface area contributed by atoms with E-state index in [0.717, 1.165) is 23.2 Å². The summed E-state index contributed by atoms with van der Waals surface area (Å²) in [6.07, 6.45) is 5.02. The highest BCUT2D eigenvalue weighted by Gasteiger charge is 1.99. The highest BCUT2D eigenvalue weighted by Crippen LogP contribution is 2.21. The minimum absolute atomic E-state index is 0.597. The predicted octanol–water partition coefficient (Wildman–Crippen LogP) is 5.40. The summed E-state index contributed by atoms with van der Waals surface area (Å²) in [5.74, 6) is 0.870. The van der Waals surface area contributed by atoms with Crippen LogP contribution in [0, 0.1) is 0 Å². The lowest BCUT2D eigenvalue weighted by molar-refractivity contribution is 0.112. The van der Waals surface area contributed by atoms with Gasteiger partial charge in [0.25, 0.3) is 0 Å². The van der Waals surface area contributed by atoms with Crippen molar-refractivity contribution in [3.63, 3.8) is 0 Å². The molecule has 0 aliphatic heterocycles. The topological polar surface area (TPSA) is 26.3 Å². The van der Waals surface area contributed by atoms with E-state index in [-0.39, 0.29) is 0 Å². The van der Waals surface area contributed by atoms with Crippen molar-refractivity contribution >= 4 is 17.9 Å². The van der Waals surface area contributed by atoms with E-state index in [0.29, 0.717) is 12.2 Å². The lowest BCUT2D eigenvalue weighted by Crippen LogP contribution is -1.94. The van der Waals surface area contributed by atoms with Crippen molar-refractivity contribution < 1.29 is 9.53 Å². The standard InChI is InChI=1S/C21H22O2/c1-16(2)12-13-23-21-10-8-20(9-11-21)17(3)14-18-4-6-19(15-22)7-5-18/h4-12,14-15H,13H2,1-3H3/b17-14+. The van der Waals surface area contributed by atoms with E-state index in [2.05, 4.69) is 45.1 Å². The summed E-state index contributed by atoms with van der Waals surface area (Å²) in [5, 5.41) is 0. The van der Waals surface area contributed by atoms with Gasteiger partial charge >= 0.3 is 0 Å². The molecule has 118 valence electrons. The van der Waals surface area contributed by atoms with E-state index < -0.39 is 0 Å². The Morgan fingerprint density at radius 3 is 2.09 bits per heavy atom. The number of carbonyl (C=O) groups excluding carboxylic acids is 1. The summed E-state index contributed by atoms with van der Waals surface area (Å²) in [6, 6.07) is 15.6. The van der Waals surface area contributed by atoms with E-state index >= 15 is 0 Å². The molecule has 0 aliphatic rings. The van der Waals surface area contributed by atoms with Crippen LogP contribution < -0.4 is 4.74 Å². The molecule has 2 nitrogen and oxygen atoms in total. The number of ether oxygens (including phenoxy) is 1. The zero-order chi connectivity index (χ0) is 16.7. The fourth-order valence-corrected chi connectivity index (χ4v) is 2.12. The summed E-state index contributed by atoms with van der Waals surface area (Å²) >= 11 is 0. The van der Waals surface area contributed by atoms with Gasteiger partial charge in [-0.15, -0.1) is 0 Å². The van der Waals surface area contributed by atoms with Crippen LogP contribution in [0.3, 0.4) is 0 Å². The molecule has 0 unspecified atom stereocenters. The van der Waals surface area contributed by atoms with Crippen LogP contribution in [0.15, 0.2) is 60.2 Å². The fraction of sp³-hybridized carbons (Fsp3) is 0.190. The molecule has 0 saturated heterocycles. The third-order valence-electron chi connectivity index (χ3n) is 3.51. The molecule has 0 aliphatic carbocycles. The average molecular weight is 306 g/mol. The number of carbonyl (C=O) groups is 1. The molecule has 0 spiro atoms. The van der Waals surface area contributed by atoms with Crippen LogP contribution in [0.1, 0.15) is 42.3 Å². The Kier molecular flexibility index (Phi) is 5.93. The Morgan fingerprint density at radius 1 is 0.913 bits per heavy atom. The normalized spacial score (nSPS) is 11.0. The molecule has 0 N–H and O–H groups in total. The van der Waals surface area contributed by atoms with Gasteiger partial charge in [0.15, 0.2) is 0 Å². The predicted molar refractivity (Wildman–Crippen MR) is 96.7 cm³/mol. The van der Waals surface area contributed by atoms with E-state index in [1.54, 1.807) is 0 Å². The molecule has 23 heavy (non-hydrogen) atoms. The van der Waals surface area contributed by atoms with Gasteiger partial charge in [-0.3, -0.25) is 4.79 Å². The summed E-state index contributed by atoms with van der Waals surface area (Å²) in [4.78, 5) is 10.7. The lowest BCUT2D eigenvalue weighted by atomic mass is 10.0. The largest absolute Gasteiger partial charge is 0.490 e. The molecule has 0 amide bonds. The Hall–Kier alpha value is -2.61. The van der Waals surface area contributed by atoms with Gasteiger partial charge < -0.3 is 4.74 Å². The summed E-state index contributed by atoms with van der Waals surface area (Å²) in [6.45, 7) is 6.79. The molecule has 0 saturated carbocycles. The van der Waals surface area contributed by atoms with Gasteiger partial charge in [-0.25, -0.2) is 0 Å². The van der Waals surface area contributed by atoms with Gasteiger partial charge in [0.2, 0.25) is 0 Å². The van der Waals surface area contributed by atoms with Crippen LogP contribution in [0.2, 0.25) is 0 Å². The Labute approximate surface area is 138 Å². The molecule has 2 rings (SSSR count). The number of benzene rings is 2. The first-order valence-corrected chi connectivity index (χ1v) is 7.68. The molecule has 2 heteroatoms. The van der Waals surface area contributed by atoms with E-state index in [1.165, 1.54) is 11.1 Å². The van der Waals surface area contributed by atoms with Crippen molar-refractivity contribution in [1.29, 1.82) is 0 Å². The van der Waals surface area contributed by atoms with E-state index in [1.807, 2.05) is 36.4 Å².